The second kappa shape index (κ2) is 4.27. The van der Waals surface area contributed by atoms with Crippen molar-refractivity contribution in [2.24, 2.45) is 7.05 Å². The average Bonchev–Trinajstić information content (AvgIpc) is 2.63. The molecule has 0 amide bonds. The van der Waals surface area contributed by atoms with E-state index in [0.717, 1.165) is 5.82 Å². The fourth-order valence-corrected chi connectivity index (χ4v) is 1.34. The van der Waals surface area contributed by atoms with Gasteiger partial charge in [0.2, 0.25) is 0 Å². The van der Waals surface area contributed by atoms with Crippen LogP contribution < -0.4 is 5.32 Å². The van der Waals surface area contributed by atoms with E-state index in [2.05, 4.69) is 20.3 Å². The van der Waals surface area contributed by atoms with Crippen molar-refractivity contribution in [2.75, 3.05) is 5.32 Å². The summed E-state index contributed by atoms with van der Waals surface area (Å²) in [5.41, 5.74) is 0. The Kier molecular flexibility index (Phi) is 2.82. The average molecular weight is 224 g/mol. The van der Waals surface area contributed by atoms with Gasteiger partial charge in [0, 0.05) is 19.4 Å². The Morgan fingerprint density at radius 3 is 3.00 bits per heavy atom. The SMILES string of the molecule is Cn1ccnc1CNc1ncncc1Cl. The number of nitrogens with zero attached hydrogens (tertiary/aromatic N) is 4. The van der Waals surface area contributed by atoms with Gasteiger partial charge in [-0.05, 0) is 0 Å². The first kappa shape index (κ1) is 9.92. The highest BCUT2D eigenvalue weighted by molar-refractivity contribution is 6.32. The van der Waals surface area contributed by atoms with Gasteiger partial charge in [0.1, 0.15) is 23.0 Å². The predicted octanol–water partition coefficient (Wildman–Crippen LogP) is 1.48. The Labute approximate surface area is 92.1 Å². The quantitative estimate of drug-likeness (QED) is 0.856. The molecule has 78 valence electrons. The number of aryl methyl sites for hydroxylation is 1. The summed E-state index contributed by atoms with van der Waals surface area (Å²) in [6, 6.07) is 0. The molecule has 0 fully saturated rings. The number of halogens is 1. The molecule has 5 nitrogen and oxygen atoms in total. The summed E-state index contributed by atoms with van der Waals surface area (Å²) >= 11 is 5.89. The maximum Gasteiger partial charge on any atom is 0.148 e. The standard InChI is InChI=1S/C9H10ClN5/c1-15-3-2-12-8(15)5-13-9-7(10)4-11-6-14-9/h2-4,6H,5H2,1H3,(H,11,13,14). The molecule has 15 heavy (non-hydrogen) atoms. The van der Waals surface area contributed by atoms with Gasteiger partial charge in [0.25, 0.3) is 0 Å². The first-order valence-corrected chi connectivity index (χ1v) is 4.81. The zero-order valence-corrected chi connectivity index (χ0v) is 8.94. The molecule has 0 spiro atoms. The number of nitrogens with one attached hydrogen (secondary N) is 1. The van der Waals surface area contributed by atoms with Gasteiger partial charge in [-0.15, -0.1) is 0 Å². The minimum Gasteiger partial charge on any atom is -0.362 e. The minimum absolute atomic E-state index is 0.506. The monoisotopic (exact) mass is 223 g/mol. The molecule has 0 saturated carbocycles. The third-order valence-electron chi connectivity index (χ3n) is 2.00. The van der Waals surface area contributed by atoms with E-state index in [1.54, 1.807) is 12.4 Å². The van der Waals surface area contributed by atoms with Crippen LogP contribution in [0.15, 0.2) is 24.9 Å². The van der Waals surface area contributed by atoms with Gasteiger partial charge in [0.15, 0.2) is 0 Å². The lowest BCUT2D eigenvalue weighted by Gasteiger charge is -2.06. The molecule has 6 heteroatoms. The lowest BCUT2D eigenvalue weighted by molar-refractivity contribution is 0.810. The van der Waals surface area contributed by atoms with E-state index >= 15 is 0 Å². The van der Waals surface area contributed by atoms with Gasteiger partial charge >= 0.3 is 0 Å². The van der Waals surface area contributed by atoms with Gasteiger partial charge in [-0.1, -0.05) is 11.6 Å². The van der Waals surface area contributed by atoms with Crippen molar-refractivity contribution in [1.82, 2.24) is 19.5 Å². The molecule has 2 rings (SSSR count). The van der Waals surface area contributed by atoms with Crippen molar-refractivity contribution in [2.45, 2.75) is 6.54 Å². The molecule has 0 bridgehead atoms. The lowest BCUT2D eigenvalue weighted by Crippen LogP contribution is -2.07. The number of hydrogen-bond acceptors (Lipinski definition) is 4. The number of hydrogen-bond donors (Lipinski definition) is 1. The van der Waals surface area contributed by atoms with Crippen LogP contribution >= 0.6 is 11.6 Å². The summed E-state index contributed by atoms with van der Waals surface area (Å²) in [5, 5.41) is 3.60. The summed E-state index contributed by atoms with van der Waals surface area (Å²) in [5.74, 6) is 1.54. The highest BCUT2D eigenvalue weighted by atomic mass is 35.5. The molecule has 0 atom stereocenters. The molecular weight excluding hydrogens is 214 g/mol. The van der Waals surface area contributed by atoms with E-state index in [1.165, 1.54) is 6.33 Å². The van der Waals surface area contributed by atoms with Crippen LogP contribution in [0.3, 0.4) is 0 Å². The van der Waals surface area contributed by atoms with E-state index in [0.29, 0.717) is 17.4 Å². The molecule has 1 N–H and O–H groups in total. The molecule has 0 aliphatic rings. The van der Waals surface area contributed by atoms with Crippen molar-refractivity contribution in [3.63, 3.8) is 0 Å². The van der Waals surface area contributed by atoms with Gasteiger partial charge in [0.05, 0.1) is 12.7 Å². The smallest absolute Gasteiger partial charge is 0.148 e. The van der Waals surface area contributed by atoms with Crippen LogP contribution in [0, 0.1) is 0 Å². The van der Waals surface area contributed by atoms with Crippen molar-refractivity contribution < 1.29 is 0 Å². The third-order valence-corrected chi connectivity index (χ3v) is 2.28. The molecule has 0 radical (unpaired) electrons. The second-order valence-electron chi connectivity index (χ2n) is 3.03. The van der Waals surface area contributed by atoms with E-state index in [-0.39, 0.29) is 0 Å². The normalized spacial score (nSPS) is 10.3. The Morgan fingerprint density at radius 1 is 1.47 bits per heavy atom. The number of rotatable bonds is 3. The highest BCUT2D eigenvalue weighted by Crippen LogP contribution is 2.16. The summed E-state index contributed by atoms with van der Waals surface area (Å²) in [4.78, 5) is 12.0. The Morgan fingerprint density at radius 2 is 2.33 bits per heavy atom. The zero-order chi connectivity index (χ0) is 10.7. The van der Waals surface area contributed by atoms with Crippen LogP contribution in [-0.2, 0) is 13.6 Å². The fraction of sp³-hybridized carbons (Fsp3) is 0.222. The summed E-state index contributed by atoms with van der Waals surface area (Å²) in [6.07, 6.45) is 6.64. The molecule has 2 heterocycles. The van der Waals surface area contributed by atoms with Gasteiger partial charge in [-0.25, -0.2) is 15.0 Å². The summed E-state index contributed by atoms with van der Waals surface area (Å²) in [6.45, 7) is 0.584. The highest BCUT2D eigenvalue weighted by Gasteiger charge is 2.02. The number of imidazole rings is 1. The Balaban J connectivity index is 2.06. The van der Waals surface area contributed by atoms with Gasteiger partial charge in [-0.3, -0.25) is 0 Å². The first-order chi connectivity index (χ1) is 7.27. The lowest BCUT2D eigenvalue weighted by atomic mass is 10.5. The molecule has 0 aromatic carbocycles. The molecule has 0 saturated heterocycles. The van der Waals surface area contributed by atoms with Crippen molar-refractivity contribution in [3.05, 3.63) is 35.8 Å². The van der Waals surface area contributed by atoms with Crippen LogP contribution in [0.5, 0.6) is 0 Å². The van der Waals surface area contributed by atoms with Crippen molar-refractivity contribution >= 4 is 17.4 Å². The molecular formula is C9H10ClN5. The molecule has 0 aliphatic carbocycles. The summed E-state index contributed by atoms with van der Waals surface area (Å²) < 4.78 is 1.93. The molecule has 0 aliphatic heterocycles. The molecule has 2 aromatic rings. The van der Waals surface area contributed by atoms with Crippen LogP contribution in [0.4, 0.5) is 5.82 Å². The fourth-order valence-electron chi connectivity index (χ4n) is 1.17. The third kappa shape index (κ3) is 2.24. The Bertz CT molecular complexity index is 453. The topological polar surface area (TPSA) is 55.6 Å². The van der Waals surface area contributed by atoms with E-state index in [4.69, 9.17) is 11.6 Å². The van der Waals surface area contributed by atoms with Gasteiger partial charge in [-0.2, -0.15) is 0 Å². The Hall–Kier alpha value is -1.62. The van der Waals surface area contributed by atoms with Crippen LogP contribution in [-0.4, -0.2) is 19.5 Å². The van der Waals surface area contributed by atoms with Crippen molar-refractivity contribution in [3.8, 4) is 0 Å². The van der Waals surface area contributed by atoms with E-state index in [1.807, 2.05) is 17.8 Å². The maximum atomic E-state index is 5.89. The first-order valence-electron chi connectivity index (χ1n) is 4.43. The second-order valence-corrected chi connectivity index (χ2v) is 3.43. The molecule has 2 aromatic heterocycles. The predicted molar refractivity (Wildman–Crippen MR) is 57.6 cm³/mol. The van der Waals surface area contributed by atoms with Crippen LogP contribution in [0.25, 0.3) is 0 Å². The summed E-state index contributed by atoms with van der Waals surface area (Å²) in [7, 11) is 1.94. The van der Waals surface area contributed by atoms with Gasteiger partial charge < -0.3 is 9.88 Å². The minimum atomic E-state index is 0.506. The van der Waals surface area contributed by atoms with Crippen molar-refractivity contribution in [1.29, 1.82) is 0 Å². The van der Waals surface area contributed by atoms with E-state index < -0.39 is 0 Å². The maximum absolute atomic E-state index is 5.89. The number of aromatic nitrogens is 4. The zero-order valence-electron chi connectivity index (χ0n) is 8.18. The van der Waals surface area contributed by atoms with Crippen LogP contribution in [0.1, 0.15) is 5.82 Å². The van der Waals surface area contributed by atoms with E-state index in [9.17, 15) is 0 Å². The number of anilines is 1. The van der Waals surface area contributed by atoms with Crippen LogP contribution in [0.2, 0.25) is 5.02 Å². The molecule has 0 unspecified atom stereocenters. The largest absolute Gasteiger partial charge is 0.362 e.